The molecule has 0 amide bonds. The van der Waals surface area contributed by atoms with Crippen LogP contribution in [0.3, 0.4) is 0 Å². The summed E-state index contributed by atoms with van der Waals surface area (Å²) < 4.78 is 23.9. The van der Waals surface area contributed by atoms with Crippen LogP contribution in [-0.2, 0) is 10.0 Å². The summed E-state index contributed by atoms with van der Waals surface area (Å²) in [6.07, 6.45) is 5.76. The quantitative estimate of drug-likeness (QED) is 0.903. The Labute approximate surface area is 146 Å². The fourth-order valence-corrected chi connectivity index (χ4v) is 4.40. The predicted molar refractivity (Wildman–Crippen MR) is 94.8 cm³/mol. The molecule has 1 fully saturated rings. The number of allylic oxidation sites excluding steroid dienone is 2. The third-order valence-corrected chi connectivity index (χ3v) is 6.18. The maximum absolute atomic E-state index is 12.0. The Bertz CT molecular complexity index is 945. The van der Waals surface area contributed by atoms with Crippen LogP contribution in [0.4, 0.5) is 0 Å². The van der Waals surface area contributed by atoms with Gasteiger partial charge in [-0.05, 0) is 72.1 Å². The molecule has 0 saturated heterocycles. The summed E-state index contributed by atoms with van der Waals surface area (Å²) in [5, 5.41) is 6.09. The highest BCUT2D eigenvalue weighted by Gasteiger charge is 2.49. The number of benzene rings is 1. The van der Waals surface area contributed by atoms with Crippen molar-refractivity contribution in [3.63, 3.8) is 0 Å². The van der Waals surface area contributed by atoms with E-state index in [1.54, 1.807) is 12.3 Å². The number of nitrogens with zero attached hydrogens (tertiary/aromatic N) is 1. The van der Waals surface area contributed by atoms with E-state index < -0.39 is 10.0 Å². The van der Waals surface area contributed by atoms with Crippen molar-refractivity contribution in [1.29, 1.82) is 0 Å². The summed E-state index contributed by atoms with van der Waals surface area (Å²) in [5.74, 6) is 0. The van der Waals surface area contributed by atoms with Gasteiger partial charge in [-0.25, -0.2) is 13.6 Å². The van der Waals surface area contributed by atoms with E-state index in [9.17, 15) is 8.42 Å². The second-order valence-corrected chi connectivity index (χ2v) is 8.68. The molecule has 1 heterocycles. The minimum Gasteiger partial charge on any atom is -0.255 e. The monoisotopic (exact) mass is 360 g/mol. The summed E-state index contributed by atoms with van der Waals surface area (Å²) in [4.78, 5) is 4.47. The van der Waals surface area contributed by atoms with Gasteiger partial charge in [-0.2, -0.15) is 0 Å². The van der Waals surface area contributed by atoms with Crippen LogP contribution in [0.1, 0.15) is 36.9 Å². The normalized spacial score (nSPS) is 19.1. The van der Waals surface area contributed by atoms with Crippen LogP contribution in [0.25, 0.3) is 11.1 Å². The second-order valence-electron chi connectivity index (χ2n) is 6.71. The van der Waals surface area contributed by atoms with Gasteiger partial charge in [0.05, 0.1) is 5.69 Å². The topological polar surface area (TPSA) is 73.1 Å². The molecule has 1 aromatic carbocycles. The van der Waals surface area contributed by atoms with E-state index in [1.807, 2.05) is 24.3 Å². The van der Waals surface area contributed by atoms with Gasteiger partial charge in [-0.15, -0.1) is 0 Å². The molecule has 6 heteroatoms. The lowest BCUT2D eigenvalue weighted by molar-refractivity contribution is 0.567. The van der Waals surface area contributed by atoms with Crippen molar-refractivity contribution in [2.75, 3.05) is 0 Å². The molecule has 124 valence electrons. The number of hydrogen-bond acceptors (Lipinski definition) is 3. The van der Waals surface area contributed by atoms with Gasteiger partial charge in [0.25, 0.3) is 0 Å². The van der Waals surface area contributed by atoms with E-state index in [0.29, 0.717) is 10.7 Å². The zero-order valence-electron chi connectivity index (χ0n) is 13.0. The van der Waals surface area contributed by atoms with Crippen LogP contribution in [0.2, 0.25) is 5.02 Å². The molecule has 2 aromatic rings. The van der Waals surface area contributed by atoms with Crippen LogP contribution in [-0.4, -0.2) is 13.4 Å². The number of primary sulfonamides is 1. The molecule has 4 rings (SSSR count). The first-order valence-electron chi connectivity index (χ1n) is 7.84. The number of hydrogen-bond donors (Lipinski definition) is 1. The number of sulfonamides is 1. The Kier molecular flexibility index (Phi) is 3.56. The second kappa shape index (κ2) is 5.41. The molecule has 0 aliphatic heterocycles. The molecule has 1 saturated carbocycles. The summed E-state index contributed by atoms with van der Waals surface area (Å²) in [5.41, 5.74) is 4.00. The molecule has 2 aliphatic rings. The first kappa shape index (κ1) is 15.8. The molecule has 2 N–H and O–H groups in total. The van der Waals surface area contributed by atoms with Gasteiger partial charge in [0, 0.05) is 11.2 Å². The van der Waals surface area contributed by atoms with E-state index in [0.717, 1.165) is 29.6 Å². The standard InChI is InChI=1S/C18H17ClN2O2S/c19-13-5-3-12(4-6-13)14-10-18(7-8-18)11-15(14)17-16(24(20,22)23)2-1-9-21-17/h1-6,9H,7-8,10-11H2,(H2,20,22,23). The number of nitrogens with two attached hydrogens (primary N) is 1. The largest absolute Gasteiger partial charge is 0.255 e. The van der Waals surface area contributed by atoms with Crippen LogP contribution >= 0.6 is 11.6 Å². The van der Waals surface area contributed by atoms with Crippen LogP contribution in [0.15, 0.2) is 47.5 Å². The van der Waals surface area contributed by atoms with Gasteiger partial charge in [0.2, 0.25) is 10.0 Å². The molecule has 0 radical (unpaired) electrons. The number of halogens is 1. The molecule has 0 bridgehead atoms. The maximum atomic E-state index is 12.0. The first-order chi connectivity index (χ1) is 11.4. The SMILES string of the molecule is NS(=O)(=O)c1cccnc1C1=C(c2ccc(Cl)cc2)CC2(CC2)C1. The average Bonchev–Trinajstić information content (AvgIpc) is 3.19. The fourth-order valence-electron chi connectivity index (χ4n) is 3.56. The Hall–Kier alpha value is -1.69. The van der Waals surface area contributed by atoms with E-state index in [-0.39, 0.29) is 10.3 Å². The molecule has 4 nitrogen and oxygen atoms in total. The van der Waals surface area contributed by atoms with Crippen molar-refractivity contribution in [2.45, 2.75) is 30.6 Å². The van der Waals surface area contributed by atoms with Crippen molar-refractivity contribution in [3.8, 4) is 0 Å². The highest BCUT2D eigenvalue weighted by molar-refractivity contribution is 7.89. The molecule has 1 spiro atoms. The van der Waals surface area contributed by atoms with Crippen LogP contribution in [0, 0.1) is 5.41 Å². The highest BCUT2D eigenvalue weighted by atomic mass is 35.5. The van der Waals surface area contributed by atoms with Crippen molar-refractivity contribution in [1.82, 2.24) is 4.98 Å². The minimum absolute atomic E-state index is 0.101. The molecule has 1 aromatic heterocycles. The minimum atomic E-state index is -3.82. The molecule has 0 atom stereocenters. The van der Waals surface area contributed by atoms with E-state index >= 15 is 0 Å². The van der Waals surface area contributed by atoms with Crippen molar-refractivity contribution < 1.29 is 8.42 Å². The first-order valence-corrected chi connectivity index (χ1v) is 9.77. The molecular formula is C18H17ClN2O2S. The van der Waals surface area contributed by atoms with Crippen molar-refractivity contribution in [2.24, 2.45) is 10.6 Å². The smallest absolute Gasteiger partial charge is 0.240 e. The summed E-state index contributed by atoms with van der Waals surface area (Å²) in [6, 6.07) is 10.8. The fraction of sp³-hybridized carbons (Fsp3) is 0.278. The zero-order chi connectivity index (χ0) is 16.9. The van der Waals surface area contributed by atoms with Crippen LogP contribution in [0.5, 0.6) is 0 Å². The van der Waals surface area contributed by atoms with Crippen molar-refractivity contribution in [3.05, 3.63) is 58.9 Å². The lowest BCUT2D eigenvalue weighted by Crippen LogP contribution is -2.15. The highest BCUT2D eigenvalue weighted by Crippen LogP contribution is 2.63. The van der Waals surface area contributed by atoms with E-state index in [1.165, 1.54) is 18.9 Å². The number of rotatable bonds is 3. The number of pyridine rings is 1. The average molecular weight is 361 g/mol. The van der Waals surface area contributed by atoms with Gasteiger partial charge in [-0.3, -0.25) is 4.98 Å². The van der Waals surface area contributed by atoms with Gasteiger partial charge in [-0.1, -0.05) is 23.7 Å². The maximum Gasteiger partial charge on any atom is 0.240 e. The van der Waals surface area contributed by atoms with Gasteiger partial charge >= 0.3 is 0 Å². The third kappa shape index (κ3) is 2.77. The summed E-state index contributed by atoms with van der Waals surface area (Å²) >= 11 is 6.00. The summed E-state index contributed by atoms with van der Waals surface area (Å²) in [7, 11) is -3.82. The Morgan fingerprint density at radius 3 is 2.33 bits per heavy atom. The zero-order valence-corrected chi connectivity index (χ0v) is 14.6. The lowest BCUT2D eigenvalue weighted by atomic mass is 9.99. The van der Waals surface area contributed by atoms with Gasteiger partial charge < -0.3 is 0 Å². The molecule has 0 unspecified atom stereocenters. The number of aromatic nitrogens is 1. The van der Waals surface area contributed by atoms with E-state index in [4.69, 9.17) is 16.7 Å². The third-order valence-electron chi connectivity index (χ3n) is 4.98. The van der Waals surface area contributed by atoms with Crippen molar-refractivity contribution >= 4 is 32.8 Å². The lowest BCUT2D eigenvalue weighted by Gasteiger charge is -2.11. The molecule has 24 heavy (non-hydrogen) atoms. The van der Waals surface area contributed by atoms with Gasteiger partial charge in [0.15, 0.2) is 0 Å². The predicted octanol–water partition coefficient (Wildman–Crippen LogP) is 3.87. The molecular weight excluding hydrogens is 344 g/mol. The summed E-state index contributed by atoms with van der Waals surface area (Å²) in [6.45, 7) is 0. The van der Waals surface area contributed by atoms with Crippen LogP contribution < -0.4 is 5.14 Å². The molecule has 2 aliphatic carbocycles. The Morgan fingerprint density at radius 2 is 1.71 bits per heavy atom. The Morgan fingerprint density at radius 1 is 1.04 bits per heavy atom. The van der Waals surface area contributed by atoms with E-state index in [2.05, 4.69) is 4.98 Å². The van der Waals surface area contributed by atoms with Gasteiger partial charge in [0.1, 0.15) is 4.90 Å². The Balaban J connectivity index is 1.90.